The first-order valence-electron chi connectivity index (χ1n) is 3.85. The van der Waals surface area contributed by atoms with E-state index in [4.69, 9.17) is 4.74 Å². The summed E-state index contributed by atoms with van der Waals surface area (Å²) in [5.41, 5.74) is 0. The maximum atomic E-state index is 10.2. The molecule has 5 nitrogen and oxygen atoms in total. The Balaban J connectivity index is 2.64. The number of aliphatic hydroxyl groups is 3. The smallest absolute Gasteiger partial charge is 0.137 e. The quantitative estimate of drug-likeness (QED) is 0.339. The highest BCUT2D eigenvalue weighted by Crippen LogP contribution is 2.25. The first-order valence-corrected chi connectivity index (χ1v) is 5.10. The van der Waals surface area contributed by atoms with Gasteiger partial charge in [0.05, 0.1) is 6.10 Å². The summed E-state index contributed by atoms with van der Waals surface area (Å²) >= 11 is 1.80. The van der Waals surface area contributed by atoms with Crippen LogP contribution < -0.4 is 0 Å². The van der Waals surface area contributed by atoms with Gasteiger partial charge < -0.3 is 24.9 Å². The zero-order valence-corrected chi connectivity index (χ0v) is 8.86. The molecular formula is C7H11IO5. The molecule has 1 aliphatic rings. The average molecular weight is 302 g/mol. The van der Waals surface area contributed by atoms with Crippen molar-refractivity contribution in [2.45, 2.75) is 34.9 Å². The van der Waals surface area contributed by atoms with Gasteiger partial charge in [-0.1, -0.05) is 0 Å². The molecule has 0 amide bonds. The van der Waals surface area contributed by atoms with Gasteiger partial charge in [-0.15, -0.1) is 0 Å². The number of ether oxygens (including phenoxy) is 1. The molecule has 1 fully saturated rings. The van der Waals surface area contributed by atoms with Gasteiger partial charge in [0, 0.05) is 6.42 Å². The molecule has 1 rings (SSSR count). The van der Waals surface area contributed by atoms with E-state index in [1.165, 1.54) is 0 Å². The van der Waals surface area contributed by atoms with Crippen LogP contribution in [0.5, 0.6) is 0 Å². The molecular weight excluding hydrogens is 291 g/mol. The Hall–Kier alpha value is 0.240. The van der Waals surface area contributed by atoms with Crippen molar-refractivity contribution in [2.75, 3.05) is 0 Å². The van der Waals surface area contributed by atoms with E-state index in [-0.39, 0.29) is 6.42 Å². The van der Waals surface area contributed by atoms with Crippen LogP contribution in [-0.4, -0.2) is 50.1 Å². The molecule has 0 aromatic carbocycles. The molecule has 0 aromatic rings. The van der Waals surface area contributed by atoms with Crippen LogP contribution in [0.2, 0.25) is 0 Å². The topological polar surface area (TPSA) is 87.0 Å². The molecule has 6 heteroatoms. The summed E-state index contributed by atoms with van der Waals surface area (Å²) in [5.74, 6) is 0. The lowest BCUT2D eigenvalue weighted by molar-refractivity contribution is -0.193. The third-order valence-corrected chi connectivity index (χ3v) is 3.01. The second kappa shape index (κ2) is 4.65. The second-order valence-electron chi connectivity index (χ2n) is 2.90. The molecule has 3 unspecified atom stereocenters. The summed E-state index contributed by atoms with van der Waals surface area (Å²) < 4.78 is 4.52. The van der Waals surface area contributed by atoms with E-state index in [1.807, 2.05) is 0 Å². The van der Waals surface area contributed by atoms with Gasteiger partial charge in [0.1, 0.15) is 28.7 Å². The standard InChI is InChI=1S/C7H11IO5/c8-7-6(12)5(11)4(10)3(13-7)1-2-9/h2-7,10-12H,1H2/t3?,4-,5?,6?,7-/m1/s1. The molecule has 0 saturated carbocycles. The van der Waals surface area contributed by atoms with E-state index in [1.54, 1.807) is 22.6 Å². The van der Waals surface area contributed by atoms with E-state index in [0.717, 1.165) is 0 Å². The van der Waals surface area contributed by atoms with Crippen molar-refractivity contribution in [2.24, 2.45) is 0 Å². The second-order valence-corrected chi connectivity index (χ2v) is 4.13. The van der Waals surface area contributed by atoms with Gasteiger partial charge in [-0.25, -0.2) is 0 Å². The van der Waals surface area contributed by atoms with Crippen LogP contribution in [0.4, 0.5) is 0 Å². The number of carbonyl (C=O) groups is 1. The number of rotatable bonds is 2. The highest BCUT2D eigenvalue weighted by Gasteiger charge is 2.42. The van der Waals surface area contributed by atoms with Gasteiger partial charge in [-0.2, -0.15) is 0 Å². The molecule has 0 radical (unpaired) electrons. The van der Waals surface area contributed by atoms with Crippen molar-refractivity contribution < 1.29 is 24.9 Å². The zero-order valence-electron chi connectivity index (χ0n) is 6.71. The molecule has 0 spiro atoms. The van der Waals surface area contributed by atoms with Gasteiger partial charge in [-0.05, 0) is 22.6 Å². The number of aldehydes is 1. The fourth-order valence-corrected chi connectivity index (χ4v) is 2.00. The third kappa shape index (κ3) is 2.38. The zero-order chi connectivity index (χ0) is 10.0. The van der Waals surface area contributed by atoms with Crippen molar-refractivity contribution in [1.82, 2.24) is 0 Å². The summed E-state index contributed by atoms with van der Waals surface area (Å²) in [5, 5.41) is 27.9. The molecule has 1 saturated heterocycles. The van der Waals surface area contributed by atoms with Crippen LogP contribution in [0.15, 0.2) is 0 Å². The Morgan fingerprint density at radius 2 is 1.85 bits per heavy atom. The van der Waals surface area contributed by atoms with Crippen molar-refractivity contribution in [3.05, 3.63) is 0 Å². The molecule has 5 atom stereocenters. The minimum absolute atomic E-state index is 0.0183. The first-order chi connectivity index (χ1) is 6.07. The highest BCUT2D eigenvalue weighted by atomic mass is 127. The van der Waals surface area contributed by atoms with Crippen molar-refractivity contribution >= 4 is 28.9 Å². The lowest BCUT2D eigenvalue weighted by atomic mass is 9.98. The molecule has 1 aliphatic heterocycles. The minimum atomic E-state index is -1.25. The number of hydrogen-bond donors (Lipinski definition) is 3. The van der Waals surface area contributed by atoms with Gasteiger partial charge in [-0.3, -0.25) is 0 Å². The average Bonchev–Trinajstić information content (AvgIpc) is 2.11. The van der Waals surface area contributed by atoms with Crippen LogP contribution in [-0.2, 0) is 9.53 Å². The number of hydrogen-bond acceptors (Lipinski definition) is 5. The summed E-state index contributed by atoms with van der Waals surface area (Å²) in [6.07, 6.45) is -3.66. The third-order valence-electron chi connectivity index (χ3n) is 1.98. The van der Waals surface area contributed by atoms with Gasteiger partial charge >= 0.3 is 0 Å². The lowest BCUT2D eigenvalue weighted by Crippen LogP contribution is -2.55. The molecule has 0 bridgehead atoms. The predicted octanol–water partition coefficient (Wildman–Crippen LogP) is -1.18. The van der Waals surface area contributed by atoms with E-state index in [9.17, 15) is 20.1 Å². The van der Waals surface area contributed by atoms with Crippen LogP contribution in [0, 0.1) is 0 Å². The summed E-state index contributed by atoms with van der Waals surface area (Å²) in [6, 6.07) is 0. The van der Waals surface area contributed by atoms with Crippen LogP contribution >= 0.6 is 22.6 Å². The van der Waals surface area contributed by atoms with E-state index < -0.39 is 28.5 Å². The molecule has 0 aromatic heterocycles. The maximum absolute atomic E-state index is 10.2. The largest absolute Gasteiger partial charge is 0.388 e. The predicted molar refractivity (Wildman–Crippen MR) is 51.4 cm³/mol. The van der Waals surface area contributed by atoms with E-state index in [0.29, 0.717) is 6.29 Å². The first kappa shape index (κ1) is 11.3. The Bertz CT molecular complexity index is 188. The van der Waals surface area contributed by atoms with E-state index >= 15 is 0 Å². The Labute approximate surface area is 88.8 Å². The SMILES string of the molecule is O=CCC1O[C@@H](I)C(O)C(O)[C@@H]1O. The van der Waals surface area contributed by atoms with Crippen molar-refractivity contribution in [3.8, 4) is 0 Å². The van der Waals surface area contributed by atoms with E-state index in [2.05, 4.69) is 0 Å². The van der Waals surface area contributed by atoms with Crippen LogP contribution in [0.25, 0.3) is 0 Å². The number of aliphatic hydroxyl groups excluding tert-OH is 3. The summed E-state index contributed by atoms with van der Waals surface area (Å²) in [4.78, 5) is 10.2. The Morgan fingerprint density at radius 3 is 2.38 bits per heavy atom. The van der Waals surface area contributed by atoms with Crippen molar-refractivity contribution in [1.29, 1.82) is 0 Å². The number of alkyl halides is 1. The molecule has 3 N–H and O–H groups in total. The van der Waals surface area contributed by atoms with Gasteiger partial charge in [0.15, 0.2) is 0 Å². The summed E-state index contributed by atoms with van der Waals surface area (Å²) in [7, 11) is 0. The monoisotopic (exact) mass is 302 g/mol. The van der Waals surface area contributed by atoms with Crippen LogP contribution in [0.1, 0.15) is 6.42 Å². The number of halogens is 1. The molecule has 1 heterocycles. The Morgan fingerprint density at radius 1 is 1.23 bits per heavy atom. The van der Waals surface area contributed by atoms with Gasteiger partial charge in [0.2, 0.25) is 0 Å². The maximum Gasteiger partial charge on any atom is 0.137 e. The highest BCUT2D eigenvalue weighted by molar-refractivity contribution is 14.1. The van der Waals surface area contributed by atoms with Gasteiger partial charge in [0.25, 0.3) is 0 Å². The fourth-order valence-electron chi connectivity index (χ4n) is 1.19. The normalized spacial score (nSPS) is 46.0. The summed E-state index contributed by atoms with van der Waals surface area (Å²) in [6.45, 7) is 0. The lowest BCUT2D eigenvalue weighted by Gasteiger charge is -2.37. The fraction of sp³-hybridized carbons (Fsp3) is 0.857. The molecule has 13 heavy (non-hydrogen) atoms. The minimum Gasteiger partial charge on any atom is -0.388 e. The van der Waals surface area contributed by atoms with Crippen LogP contribution in [0.3, 0.4) is 0 Å². The molecule has 0 aliphatic carbocycles. The Kier molecular flexibility index (Phi) is 4.05. The van der Waals surface area contributed by atoms with Crippen molar-refractivity contribution in [3.63, 3.8) is 0 Å². The molecule has 76 valence electrons. The number of carbonyl (C=O) groups excluding carboxylic acids is 1.